The van der Waals surface area contributed by atoms with E-state index >= 15 is 0 Å². The average molecular weight is 145 g/mol. The zero-order chi connectivity index (χ0) is 7.82. The second-order valence-corrected chi connectivity index (χ2v) is 1.87. The topological polar surface area (TPSA) is 88.5 Å². The van der Waals surface area contributed by atoms with Gasteiger partial charge < -0.3 is 0 Å². The minimum absolute atomic E-state index is 0.424. The van der Waals surface area contributed by atoms with E-state index in [-0.39, 0.29) is 0 Å². The summed E-state index contributed by atoms with van der Waals surface area (Å²) in [5, 5.41) is 0. The van der Waals surface area contributed by atoms with E-state index in [1.807, 2.05) is 0 Å². The molecule has 0 amide bonds. The number of unbranched alkanes of at least 4 members (excludes halogenated alkanes) is 1. The lowest BCUT2D eigenvalue weighted by molar-refractivity contribution is 0.785. The van der Waals surface area contributed by atoms with Crippen molar-refractivity contribution in [3.05, 3.63) is 0 Å². The monoisotopic (exact) mass is 145 g/mol. The first kappa shape index (κ1) is 9.19. The molecule has 0 heterocycles. The first-order chi connectivity index (χ1) is 4.85. The predicted molar refractivity (Wildman–Crippen MR) is 41.9 cm³/mol. The average Bonchev–Trinajstić information content (AvgIpc) is 1.99. The predicted octanol–water partition coefficient (Wildman–Crippen LogP) is -0.931. The van der Waals surface area contributed by atoms with Crippen molar-refractivity contribution in [2.75, 3.05) is 6.54 Å². The van der Waals surface area contributed by atoms with Gasteiger partial charge in [-0.15, -0.1) is 0 Å². The third-order valence-corrected chi connectivity index (χ3v) is 1.06. The van der Waals surface area contributed by atoms with E-state index in [4.69, 9.17) is 11.7 Å². The Bertz CT molecular complexity index is 94.2. The van der Waals surface area contributed by atoms with E-state index in [0.717, 1.165) is 19.4 Å². The summed E-state index contributed by atoms with van der Waals surface area (Å²) in [6.07, 6.45) is 2.17. The minimum atomic E-state index is 0.424. The Balaban J connectivity index is 3.43. The van der Waals surface area contributed by atoms with Gasteiger partial charge in [0.05, 0.1) is 0 Å². The summed E-state index contributed by atoms with van der Waals surface area (Å²) in [7, 11) is 0. The van der Waals surface area contributed by atoms with Crippen LogP contribution in [0.2, 0.25) is 0 Å². The standard InChI is InChI=1S/C5H15N5/c1-2-3-4-8-5(9-6)10-7/h2-4,6-7H2,1H3,(H2,8,9,10). The molecule has 0 aromatic heterocycles. The van der Waals surface area contributed by atoms with Crippen molar-refractivity contribution in [3.63, 3.8) is 0 Å². The molecule has 0 bridgehead atoms. The number of hydrogen-bond donors (Lipinski definition) is 4. The maximum Gasteiger partial charge on any atom is 0.220 e. The Morgan fingerprint density at radius 1 is 1.40 bits per heavy atom. The van der Waals surface area contributed by atoms with Gasteiger partial charge in [-0.1, -0.05) is 13.3 Å². The molecule has 10 heavy (non-hydrogen) atoms. The molecule has 0 aliphatic carbocycles. The maximum atomic E-state index is 5.04. The maximum absolute atomic E-state index is 5.04. The number of hydrazine groups is 2. The number of hydrogen-bond acceptors (Lipinski definition) is 3. The molecule has 0 fully saturated rings. The Hall–Kier alpha value is -0.810. The summed E-state index contributed by atoms with van der Waals surface area (Å²) in [6.45, 7) is 2.85. The van der Waals surface area contributed by atoms with Crippen LogP contribution >= 0.6 is 0 Å². The second-order valence-electron chi connectivity index (χ2n) is 1.87. The number of nitrogens with two attached hydrogens (primary N) is 2. The third-order valence-electron chi connectivity index (χ3n) is 1.06. The molecule has 0 aromatic rings. The Labute approximate surface area is 60.8 Å². The van der Waals surface area contributed by atoms with Crippen LogP contribution in [-0.2, 0) is 0 Å². The van der Waals surface area contributed by atoms with Crippen molar-refractivity contribution in [2.45, 2.75) is 19.8 Å². The van der Waals surface area contributed by atoms with Gasteiger partial charge in [0.15, 0.2) is 0 Å². The Kier molecular flexibility index (Phi) is 5.80. The van der Waals surface area contributed by atoms with E-state index < -0.39 is 0 Å². The van der Waals surface area contributed by atoms with Gasteiger partial charge in [0.1, 0.15) is 0 Å². The number of guanidine groups is 1. The molecule has 60 valence electrons. The highest BCUT2D eigenvalue weighted by atomic mass is 15.4. The lowest BCUT2D eigenvalue weighted by atomic mass is 10.3. The van der Waals surface area contributed by atoms with Crippen LogP contribution in [0.3, 0.4) is 0 Å². The highest BCUT2D eigenvalue weighted by Gasteiger charge is 1.87. The van der Waals surface area contributed by atoms with Gasteiger partial charge in [0.25, 0.3) is 0 Å². The number of rotatable bonds is 3. The molecule has 6 N–H and O–H groups in total. The fourth-order valence-electron chi connectivity index (χ4n) is 0.482. The molecule has 0 saturated carbocycles. The third kappa shape index (κ3) is 4.11. The van der Waals surface area contributed by atoms with Crippen molar-refractivity contribution in [3.8, 4) is 0 Å². The summed E-state index contributed by atoms with van der Waals surface area (Å²) < 4.78 is 0. The van der Waals surface area contributed by atoms with Gasteiger partial charge in [-0.3, -0.25) is 15.8 Å². The first-order valence-electron chi connectivity index (χ1n) is 3.32. The zero-order valence-corrected chi connectivity index (χ0v) is 6.22. The summed E-state index contributed by atoms with van der Waals surface area (Å²) in [5.41, 5.74) is 4.65. The first-order valence-corrected chi connectivity index (χ1v) is 3.32. The summed E-state index contributed by atoms with van der Waals surface area (Å²) >= 11 is 0. The zero-order valence-electron chi connectivity index (χ0n) is 6.22. The van der Waals surface area contributed by atoms with Gasteiger partial charge in [-0.05, 0) is 6.42 Å². The van der Waals surface area contributed by atoms with Crippen molar-refractivity contribution in [2.24, 2.45) is 16.7 Å². The van der Waals surface area contributed by atoms with Crippen LogP contribution < -0.4 is 22.5 Å². The minimum Gasteiger partial charge on any atom is -0.293 e. The van der Waals surface area contributed by atoms with Crippen LogP contribution in [-0.4, -0.2) is 12.5 Å². The van der Waals surface area contributed by atoms with Crippen LogP contribution in [0.25, 0.3) is 0 Å². The van der Waals surface area contributed by atoms with Crippen molar-refractivity contribution >= 4 is 5.96 Å². The van der Waals surface area contributed by atoms with Crippen LogP contribution in [0.4, 0.5) is 0 Å². The Morgan fingerprint density at radius 3 is 2.40 bits per heavy atom. The molecule has 0 radical (unpaired) electrons. The molecule has 0 unspecified atom stereocenters. The number of nitrogens with one attached hydrogen (secondary N) is 2. The molecular weight excluding hydrogens is 130 g/mol. The van der Waals surface area contributed by atoms with E-state index in [1.54, 1.807) is 0 Å². The van der Waals surface area contributed by atoms with E-state index in [9.17, 15) is 0 Å². The molecule has 5 heteroatoms. The lowest BCUT2D eigenvalue weighted by Gasteiger charge is -2.01. The molecule has 0 spiro atoms. The van der Waals surface area contributed by atoms with Gasteiger partial charge in [0, 0.05) is 6.54 Å². The summed E-state index contributed by atoms with van der Waals surface area (Å²) in [6, 6.07) is 0. The molecule has 0 rings (SSSR count). The lowest BCUT2D eigenvalue weighted by Crippen LogP contribution is -2.45. The smallest absolute Gasteiger partial charge is 0.220 e. The molecule has 0 aliphatic heterocycles. The van der Waals surface area contributed by atoms with Gasteiger partial charge >= 0.3 is 0 Å². The van der Waals surface area contributed by atoms with Crippen LogP contribution in [0.5, 0.6) is 0 Å². The van der Waals surface area contributed by atoms with Gasteiger partial charge in [-0.25, -0.2) is 11.7 Å². The van der Waals surface area contributed by atoms with E-state index in [0.29, 0.717) is 5.96 Å². The Morgan fingerprint density at radius 2 is 2.00 bits per heavy atom. The van der Waals surface area contributed by atoms with E-state index in [2.05, 4.69) is 22.8 Å². The van der Waals surface area contributed by atoms with Crippen molar-refractivity contribution in [1.29, 1.82) is 0 Å². The SMILES string of the molecule is CCCCN=C(NN)NN. The van der Waals surface area contributed by atoms with Crippen LogP contribution in [0, 0.1) is 0 Å². The van der Waals surface area contributed by atoms with Gasteiger partial charge in [0.2, 0.25) is 5.96 Å². The summed E-state index contributed by atoms with van der Waals surface area (Å²) in [4.78, 5) is 3.99. The molecular formula is C5H15N5. The fraction of sp³-hybridized carbons (Fsp3) is 0.800. The molecule has 0 saturated heterocycles. The fourth-order valence-corrected chi connectivity index (χ4v) is 0.482. The normalized spacial score (nSPS) is 8.70. The number of nitrogens with zero attached hydrogens (tertiary/aromatic N) is 1. The quantitative estimate of drug-likeness (QED) is 0.136. The molecule has 0 atom stereocenters. The molecule has 0 aromatic carbocycles. The van der Waals surface area contributed by atoms with Crippen LogP contribution in [0.1, 0.15) is 19.8 Å². The highest BCUT2D eigenvalue weighted by Crippen LogP contribution is 1.85. The molecule has 0 aliphatic rings. The van der Waals surface area contributed by atoms with Crippen LogP contribution in [0.15, 0.2) is 4.99 Å². The summed E-state index contributed by atoms with van der Waals surface area (Å²) in [5.74, 6) is 10.5. The second kappa shape index (κ2) is 6.31. The largest absolute Gasteiger partial charge is 0.293 e. The highest BCUT2D eigenvalue weighted by molar-refractivity contribution is 5.78. The van der Waals surface area contributed by atoms with Gasteiger partial charge in [-0.2, -0.15) is 0 Å². The van der Waals surface area contributed by atoms with Crippen molar-refractivity contribution in [1.82, 2.24) is 10.9 Å². The van der Waals surface area contributed by atoms with E-state index in [1.165, 1.54) is 0 Å². The number of aliphatic imine (C=N–C) groups is 1. The van der Waals surface area contributed by atoms with Crippen molar-refractivity contribution < 1.29 is 0 Å². The molecule has 5 nitrogen and oxygen atoms in total.